The van der Waals surface area contributed by atoms with Crippen molar-refractivity contribution in [3.63, 3.8) is 0 Å². The normalized spacial score (nSPS) is 13.0. The third kappa shape index (κ3) is 5.14. The number of aliphatic hydroxyl groups is 1. The second kappa shape index (κ2) is 7.79. The van der Waals surface area contributed by atoms with Gasteiger partial charge in [0.25, 0.3) is 5.78 Å². The lowest BCUT2D eigenvalue weighted by molar-refractivity contribution is -0.166. The lowest BCUT2D eigenvalue weighted by Gasteiger charge is -2.08. The summed E-state index contributed by atoms with van der Waals surface area (Å²) in [7, 11) is 0. The summed E-state index contributed by atoms with van der Waals surface area (Å²) in [4.78, 5) is 11.6. The highest BCUT2D eigenvalue weighted by atomic mass is 79.9. The van der Waals surface area contributed by atoms with Gasteiger partial charge in [0.05, 0.1) is 5.69 Å². The van der Waals surface area contributed by atoms with Crippen molar-refractivity contribution in [2.45, 2.75) is 6.18 Å². The Morgan fingerprint density at radius 1 is 1.12 bits per heavy atom. The summed E-state index contributed by atoms with van der Waals surface area (Å²) >= 11 is 8.92. The highest BCUT2D eigenvalue weighted by molar-refractivity contribution is 9.10. The van der Waals surface area contributed by atoms with Crippen molar-refractivity contribution in [2.75, 3.05) is 0 Å². The van der Waals surface area contributed by atoms with Gasteiger partial charge in [0.2, 0.25) is 0 Å². The molecule has 0 unspecified atom stereocenters. The van der Waals surface area contributed by atoms with Gasteiger partial charge < -0.3 is 5.11 Å². The molecule has 0 fully saturated rings. The van der Waals surface area contributed by atoms with E-state index in [0.29, 0.717) is 9.50 Å². The van der Waals surface area contributed by atoms with E-state index in [4.69, 9.17) is 11.6 Å². The monoisotopic (exact) mass is 432 g/mol. The Morgan fingerprint density at radius 2 is 1.76 bits per heavy atom. The van der Waals surface area contributed by atoms with Crippen molar-refractivity contribution in [1.82, 2.24) is 0 Å². The quantitative estimate of drug-likeness (QED) is 0.352. The Labute approximate surface area is 153 Å². The average molecular weight is 434 g/mol. The molecule has 0 saturated heterocycles. The van der Waals surface area contributed by atoms with Gasteiger partial charge >= 0.3 is 6.18 Å². The molecule has 0 aromatic heterocycles. The van der Waals surface area contributed by atoms with Crippen LogP contribution in [0.2, 0.25) is 5.02 Å². The fraction of sp³-hybridized carbons (Fsp3) is 0.0625. The number of benzene rings is 2. The fourth-order valence-corrected chi connectivity index (χ4v) is 2.17. The van der Waals surface area contributed by atoms with E-state index in [2.05, 4.69) is 26.2 Å². The molecule has 0 radical (unpaired) electrons. The number of rotatable bonds is 4. The van der Waals surface area contributed by atoms with Gasteiger partial charge in [-0.25, -0.2) is 0 Å². The summed E-state index contributed by atoms with van der Waals surface area (Å²) in [5, 5.41) is 17.3. The molecule has 4 nitrogen and oxygen atoms in total. The first kappa shape index (κ1) is 19.1. The van der Waals surface area contributed by atoms with Crippen molar-refractivity contribution in [3.05, 3.63) is 69.3 Å². The number of azo groups is 1. The first-order valence-electron chi connectivity index (χ1n) is 6.66. The Kier molecular flexibility index (Phi) is 5.97. The molecule has 0 amide bonds. The smallest absolute Gasteiger partial charge is 0.456 e. The highest BCUT2D eigenvalue weighted by Crippen LogP contribution is 2.28. The average Bonchev–Trinajstić information content (AvgIpc) is 2.54. The van der Waals surface area contributed by atoms with Crippen LogP contribution in [0.15, 0.2) is 68.9 Å². The molecule has 25 heavy (non-hydrogen) atoms. The van der Waals surface area contributed by atoms with Gasteiger partial charge in [-0.1, -0.05) is 45.7 Å². The summed E-state index contributed by atoms with van der Waals surface area (Å²) in [5.41, 5.74) is -1.10. The Hall–Kier alpha value is -2.19. The van der Waals surface area contributed by atoms with E-state index >= 15 is 0 Å². The summed E-state index contributed by atoms with van der Waals surface area (Å²) in [5.74, 6) is -3.24. The van der Waals surface area contributed by atoms with Gasteiger partial charge in [-0.2, -0.15) is 18.3 Å². The largest absolute Gasteiger partial charge is 0.505 e. The summed E-state index contributed by atoms with van der Waals surface area (Å²) < 4.78 is 39.1. The molecular formula is C16H9BrClF3N2O2. The molecule has 0 atom stereocenters. The van der Waals surface area contributed by atoms with Crippen LogP contribution in [0.5, 0.6) is 0 Å². The molecule has 0 bridgehead atoms. The summed E-state index contributed by atoms with van der Waals surface area (Å²) in [6.45, 7) is 0. The number of carbonyl (C=O) groups is 1. The van der Waals surface area contributed by atoms with Gasteiger partial charge in [-0.05, 0) is 30.3 Å². The van der Waals surface area contributed by atoms with Crippen molar-refractivity contribution < 1.29 is 23.1 Å². The third-order valence-corrected chi connectivity index (χ3v) is 3.65. The number of halogens is 5. The van der Waals surface area contributed by atoms with Crippen molar-refractivity contribution in [1.29, 1.82) is 0 Å². The van der Waals surface area contributed by atoms with Crippen LogP contribution in [0, 0.1) is 0 Å². The second-order valence-corrected chi connectivity index (χ2v) is 6.06. The SMILES string of the molecule is O=C(/C(N=Nc1cccc(Cl)c1)=C(\O)c1ccc(Br)cc1)C(F)(F)F. The van der Waals surface area contributed by atoms with Crippen LogP contribution in [-0.2, 0) is 4.79 Å². The van der Waals surface area contributed by atoms with Crippen LogP contribution in [0.25, 0.3) is 5.76 Å². The number of Topliss-reactive ketones (excluding diaryl/α,β-unsaturated/α-hetero) is 1. The van der Waals surface area contributed by atoms with E-state index in [1.54, 1.807) is 0 Å². The van der Waals surface area contributed by atoms with Gasteiger partial charge in [-0.15, -0.1) is 5.11 Å². The number of hydrogen-bond acceptors (Lipinski definition) is 4. The van der Waals surface area contributed by atoms with Crippen LogP contribution >= 0.6 is 27.5 Å². The molecule has 0 aliphatic carbocycles. The van der Waals surface area contributed by atoms with Crippen molar-refractivity contribution in [2.24, 2.45) is 10.2 Å². The minimum Gasteiger partial charge on any atom is -0.505 e. The Balaban J connectivity index is 2.51. The number of carbonyl (C=O) groups excluding carboxylic acids is 1. The van der Waals surface area contributed by atoms with E-state index in [1.807, 2.05) is 0 Å². The molecule has 0 aliphatic heterocycles. The molecule has 9 heteroatoms. The maximum Gasteiger partial charge on any atom is 0.456 e. The molecule has 2 aromatic rings. The molecule has 2 rings (SSSR count). The van der Waals surface area contributed by atoms with Gasteiger partial charge in [0.15, 0.2) is 11.5 Å². The van der Waals surface area contributed by atoms with E-state index in [1.165, 1.54) is 48.5 Å². The molecule has 0 aliphatic rings. The van der Waals surface area contributed by atoms with Gasteiger partial charge in [-0.3, -0.25) is 4.79 Å². The number of hydrogen-bond donors (Lipinski definition) is 1. The minimum absolute atomic E-state index is 0.0131. The third-order valence-electron chi connectivity index (χ3n) is 2.89. The van der Waals surface area contributed by atoms with Crippen LogP contribution in [0.1, 0.15) is 5.56 Å². The zero-order valence-corrected chi connectivity index (χ0v) is 14.6. The summed E-state index contributed by atoms with van der Waals surface area (Å²) in [6.07, 6.45) is -5.22. The van der Waals surface area contributed by atoms with Crippen LogP contribution in [0.3, 0.4) is 0 Å². The maximum atomic E-state index is 12.8. The van der Waals surface area contributed by atoms with Crippen molar-refractivity contribution in [3.8, 4) is 0 Å². The number of aliphatic hydroxyl groups excluding tert-OH is 1. The van der Waals surface area contributed by atoms with Gasteiger partial charge in [0, 0.05) is 15.1 Å². The van der Waals surface area contributed by atoms with Gasteiger partial charge in [0.1, 0.15) is 0 Å². The topological polar surface area (TPSA) is 62.0 Å². The minimum atomic E-state index is -5.22. The lowest BCUT2D eigenvalue weighted by atomic mass is 10.1. The van der Waals surface area contributed by atoms with E-state index < -0.39 is 23.4 Å². The highest BCUT2D eigenvalue weighted by Gasteiger charge is 2.43. The zero-order chi connectivity index (χ0) is 18.6. The first-order chi connectivity index (χ1) is 11.7. The summed E-state index contributed by atoms with van der Waals surface area (Å²) in [6, 6.07) is 11.5. The Morgan fingerprint density at radius 3 is 2.32 bits per heavy atom. The first-order valence-corrected chi connectivity index (χ1v) is 7.83. The van der Waals surface area contributed by atoms with E-state index in [0.717, 1.165) is 0 Å². The lowest BCUT2D eigenvalue weighted by Crippen LogP contribution is -2.24. The molecule has 0 saturated carbocycles. The molecule has 130 valence electrons. The van der Waals surface area contributed by atoms with Crippen molar-refractivity contribution >= 4 is 44.8 Å². The number of allylic oxidation sites excluding steroid dienone is 1. The zero-order valence-electron chi connectivity index (χ0n) is 12.3. The number of nitrogens with zero attached hydrogens (tertiary/aromatic N) is 2. The standard InChI is InChI=1S/C16H9BrClF3N2O2/c17-10-6-4-9(5-7-10)14(24)13(15(25)16(19,20)21)23-22-12-3-1-2-11(18)8-12/h1-8,24H/b14-13+,23-22?. The molecule has 0 spiro atoms. The molecule has 2 aromatic carbocycles. The second-order valence-electron chi connectivity index (χ2n) is 4.71. The van der Waals surface area contributed by atoms with Crippen LogP contribution < -0.4 is 0 Å². The predicted molar refractivity (Wildman–Crippen MR) is 90.7 cm³/mol. The van der Waals surface area contributed by atoms with Crippen LogP contribution in [-0.4, -0.2) is 17.1 Å². The molecule has 0 heterocycles. The Bertz CT molecular complexity index is 849. The number of alkyl halides is 3. The molecular weight excluding hydrogens is 425 g/mol. The maximum absolute atomic E-state index is 12.8. The van der Waals surface area contributed by atoms with E-state index in [-0.39, 0.29) is 11.3 Å². The fourth-order valence-electron chi connectivity index (χ4n) is 1.73. The predicted octanol–water partition coefficient (Wildman–Crippen LogP) is 6.24. The van der Waals surface area contributed by atoms with Crippen LogP contribution in [0.4, 0.5) is 18.9 Å². The number of ketones is 1. The molecule has 1 N–H and O–H groups in total. The van der Waals surface area contributed by atoms with E-state index in [9.17, 15) is 23.1 Å².